The van der Waals surface area contributed by atoms with Crippen LogP contribution in [0.4, 0.5) is 0 Å². The predicted octanol–water partition coefficient (Wildman–Crippen LogP) is 3.46. The zero-order valence-corrected chi connectivity index (χ0v) is 12.2. The summed E-state index contributed by atoms with van der Waals surface area (Å²) in [5.41, 5.74) is 0.766. The zero-order chi connectivity index (χ0) is 12.3. The molecule has 1 N–H and O–H groups in total. The second-order valence-corrected chi connectivity index (χ2v) is 6.13. The molecule has 0 spiro atoms. The standard InChI is InChI=1S/C14H18INO/c1-10-4-2-6-12(10)9-16-14(17)11-5-3-7-13(15)8-11/h3,5,7-8,10,12H,2,4,6,9H2,1H3,(H,16,17). The smallest absolute Gasteiger partial charge is 0.251 e. The molecule has 0 aromatic heterocycles. The molecule has 1 aliphatic carbocycles. The van der Waals surface area contributed by atoms with Crippen LogP contribution in [-0.2, 0) is 0 Å². The largest absolute Gasteiger partial charge is 0.352 e. The molecule has 1 amide bonds. The highest BCUT2D eigenvalue weighted by molar-refractivity contribution is 14.1. The van der Waals surface area contributed by atoms with Crippen LogP contribution < -0.4 is 5.32 Å². The third kappa shape index (κ3) is 3.44. The van der Waals surface area contributed by atoms with Gasteiger partial charge in [-0.05, 0) is 59.0 Å². The quantitative estimate of drug-likeness (QED) is 0.837. The second kappa shape index (κ2) is 5.85. The molecule has 0 bridgehead atoms. The van der Waals surface area contributed by atoms with Crippen LogP contribution in [0.5, 0.6) is 0 Å². The van der Waals surface area contributed by atoms with Crippen LogP contribution in [-0.4, -0.2) is 12.5 Å². The van der Waals surface area contributed by atoms with Gasteiger partial charge in [-0.3, -0.25) is 4.79 Å². The minimum absolute atomic E-state index is 0.0580. The van der Waals surface area contributed by atoms with Crippen molar-refractivity contribution in [3.05, 3.63) is 33.4 Å². The summed E-state index contributed by atoms with van der Waals surface area (Å²) in [7, 11) is 0. The molecule has 2 rings (SSSR count). The molecule has 1 aromatic carbocycles. The Balaban J connectivity index is 1.89. The lowest BCUT2D eigenvalue weighted by atomic mass is 9.98. The zero-order valence-electron chi connectivity index (χ0n) is 10.1. The van der Waals surface area contributed by atoms with Crippen molar-refractivity contribution < 1.29 is 4.79 Å². The van der Waals surface area contributed by atoms with Gasteiger partial charge < -0.3 is 5.32 Å². The van der Waals surface area contributed by atoms with Crippen molar-refractivity contribution in [3.8, 4) is 0 Å². The van der Waals surface area contributed by atoms with E-state index >= 15 is 0 Å². The van der Waals surface area contributed by atoms with E-state index in [4.69, 9.17) is 0 Å². The third-order valence-corrected chi connectivity index (χ3v) is 4.32. The summed E-state index contributed by atoms with van der Waals surface area (Å²) in [5, 5.41) is 3.06. The first-order valence-electron chi connectivity index (χ1n) is 6.20. The summed E-state index contributed by atoms with van der Waals surface area (Å²) in [5.74, 6) is 1.48. The molecule has 0 radical (unpaired) electrons. The lowest BCUT2D eigenvalue weighted by Gasteiger charge is -2.15. The first kappa shape index (κ1) is 12.9. The number of carbonyl (C=O) groups excluding carboxylic acids is 1. The number of rotatable bonds is 3. The minimum Gasteiger partial charge on any atom is -0.352 e. The van der Waals surface area contributed by atoms with E-state index < -0.39 is 0 Å². The summed E-state index contributed by atoms with van der Waals surface area (Å²) < 4.78 is 1.10. The number of nitrogens with one attached hydrogen (secondary N) is 1. The highest BCUT2D eigenvalue weighted by Crippen LogP contribution is 2.30. The Morgan fingerprint density at radius 3 is 2.94 bits per heavy atom. The maximum Gasteiger partial charge on any atom is 0.251 e. The molecule has 92 valence electrons. The van der Waals surface area contributed by atoms with Crippen LogP contribution in [0.1, 0.15) is 36.5 Å². The van der Waals surface area contributed by atoms with Gasteiger partial charge in [0.25, 0.3) is 5.91 Å². The van der Waals surface area contributed by atoms with Crippen molar-refractivity contribution in [3.63, 3.8) is 0 Å². The average molecular weight is 343 g/mol. The van der Waals surface area contributed by atoms with Gasteiger partial charge in [-0.2, -0.15) is 0 Å². The molecular formula is C14H18INO. The van der Waals surface area contributed by atoms with E-state index in [-0.39, 0.29) is 5.91 Å². The van der Waals surface area contributed by atoms with Gasteiger partial charge in [-0.1, -0.05) is 25.8 Å². The lowest BCUT2D eigenvalue weighted by molar-refractivity contribution is 0.0944. The SMILES string of the molecule is CC1CCCC1CNC(=O)c1cccc(I)c1. The van der Waals surface area contributed by atoms with Crippen molar-refractivity contribution in [2.75, 3.05) is 6.54 Å². The van der Waals surface area contributed by atoms with E-state index in [2.05, 4.69) is 34.8 Å². The van der Waals surface area contributed by atoms with E-state index in [1.165, 1.54) is 19.3 Å². The average Bonchev–Trinajstić information content (AvgIpc) is 2.72. The van der Waals surface area contributed by atoms with Gasteiger partial charge in [-0.25, -0.2) is 0 Å². The van der Waals surface area contributed by atoms with Gasteiger partial charge in [-0.15, -0.1) is 0 Å². The van der Waals surface area contributed by atoms with Gasteiger partial charge in [0.15, 0.2) is 0 Å². The molecule has 17 heavy (non-hydrogen) atoms. The fraction of sp³-hybridized carbons (Fsp3) is 0.500. The molecule has 0 aliphatic heterocycles. The second-order valence-electron chi connectivity index (χ2n) is 4.89. The summed E-state index contributed by atoms with van der Waals surface area (Å²) in [6.45, 7) is 3.11. The van der Waals surface area contributed by atoms with E-state index in [0.717, 1.165) is 21.6 Å². The Bertz CT molecular complexity index is 405. The molecule has 2 atom stereocenters. The Labute approximate surface area is 116 Å². The maximum atomic E-state index is 11.9. The highest BCUT2D eigenvalue weighted by atomic mass is 127. The highest BCUT2D eigenvalue weighted by Gasteiger charge is 2.23. The van der Waals surface area contributed by atoms with Crippen molar-refractivity contribution in [1.29, 1.82) is 0 Å². The number of amides is 1. The molecule has 1 saturated carbocycles. The third-order valence-electron chi connectivity index (χ3n) is 3.65. The van der Waals surface area contributed by atoms with Gasteiger partial charge >= 0.3 is 0 Å². The summed E-state index contributed by atoms with van der Waals surface area (Å²) >= 11 is 2.23. The predicted molar refractivity (Wildman–Crippen MR) is 78.0 cm³/mol. The van der Waals surface area contributed by atoms with Crippen LogP contribution in [0.2, 0.25) is 0 Å². The van der Waals surface area contributed by atoms with Gasteiger partial charge in [0.1, 0.15) is 0 Å². The number of hydrogen-bond acceptors (Lipinski definition) is 1. The molecule has 2 nitrogen and oxygen atoms in total. The molecule has 1 aliphatic rings. The number of carbonyl (C=O) groups is 1. The van der Waals surface area contributed by atoms with Gasteiger partial charge in [0, 0.05) is 15.7 Å². The molecule has 2 unspecified atom stereocenters. The first-order valence-corrected chi connectivity index (χ1v) is 7.28. The van der Waals surface area contributed by atoms with Crippen LogP contribution in [0.3, 0.4) is 0 Å². The molecule has 1 fully saturated rings. The summed E-state index contributed by atoms with van der Waals surface area (Å²) in [6, 6.07) is 7.72. The van der Waals surface area contributed by atoms with Crippen molar-refractivity contribution in [2.24, 2.45) is 11.8 Å². The van der Waals surface area contributed by atoms with E-state index in [1.807, 2.05) is 24.3 Å². The number of halogens is 1. The van der Waals surface area contributed by atoms with Crippen LogP contribution >= 0.6 is 22.6 Å². The van der Waals surface area contributed by atoms with E-state index in [0.29, 0.717) is 5.92 Å². The van der Waals surface area contributed by atoms with Gasteiger partial charge in [0.2, 0.25) is 0 Å². The van der Waals surface area contributed by atoms with E-state index in [9.17, 15) is 4.79 Å². The number of hydrogen-bond donors (Lipinski definition) is 1. The molecule has 3 heteroatoms. The van der Waals surface area contributed by atoms with Crippen LogP contribution in [0.25, 0.3) is 0 Å². The molecule has 1 aromatic rings. The van der Waals surface area contributed by atoms with E-state index in [1.54, 1.807) is 0 Å². The fourth-order valence-electron chi connectivity index (χ4n) is 2.48. The normalized spacial score (nSPS) is 23.6. The minimum atomic E-state index is 0.0580. The van der Waals surface area contributed by atoms with Crippen molar-refractivity contribution >= 4 is 28.5 Å². The Kier molecular flexibility index (Phi) is 4.42. The topological polar surface area (TPSA) is 29.1 Å². The molecular weight excluding hydrogens is 325 g/mol. The Morgan fingerprint density at radius 2 is 2.29 bits per heavy atom. The summed E-state index contributed by atoms with van der Waals surface area (Å²) in [6.07, 6.45) is 3.88. The summed E-state index contributed by atoms with van der Waals surface area (Å²) in [4.78, 5) is 11.9. The van der Waals surface area contributed by atoms with Gasteiger partial charge in [0.05, 0.1) is 0 Å². The Morgan fingerprint density at radius 1 is 1.47 bits per heavy atom. The number of benzene rings is 1. The van der Waals surface area contributed by atoms with Crippen LogP contribution in [0.15, 0.2) is 24.3 Å². The molecule has 0 heterocycles. The first-order chi connectivity index (χ1) is 8.16. The lowest BCUT2D eigenvalue weighted by Crippen LogP contribution is -2.30. The fourth-order valence-corrected chi connectivity index (χ4v) is 3.02. The van der Waals surface area contributed by atoms with Crippen LogP contribution in [0, 0.1) is 15.4 Å². The van der Waals surface area contributed by atoms with Crippen molar-refractivity contribution in [2.45, 2.75) is 26.2 Å². The Hall–Kier alpha value is -0.580. The maximum absolute atomic E-state index is 11.9. The monoisotopic (exact) mass is 343 g/mol. The van der Waals surface area contributed by atoms with Crippen molar-refractivity contribution in [1.82, 2.24) is 5.32 Å². The molecule has 0 saturated heterocycles.